The van der Waals surface area contributed by atoms with Crippen LogP contribution < -0.4 is 18.7 Å². The molecule has 1 aromatic heterocycles. The van der Waals surface area contributed by atoms with Gasteiger partial charge in [-0.3, -0.25) is 4.84 Å². The molecule has 1 heterocycles. The molecular weight excluding hydrogens is 508 g/mol. The lowest BCUT2D eigenvalue weighted by atomic mass is 10.1. The molecule has 0 spiro atoms. The highest BCUT2D eigenvalue weighted by Crippen LogP contribution is 2.45. The van der Waals surface area contributed by atoms with Crippen molar-refractivity contribution in [3.63, 3.8) is 0 Å². The van der Waals surface area contributed by atoms with Crippen LogP contribution in [0.1, 0.15) is 42.4 Å². The summed E-state index contributed by atoms with van der Waals surface area (Å²) in [6.07, 6.45) is 2.77. The van der Waals surface area contributed by atoms with Gasteiger partial charge in [0.05, 0.1) is 26.7 Å². The van der Waals surface area contributed by atoms with Gasteiger partial charge in [0.1, 0.15) is 28.8 Å². The minimum absolute atomic E-state index is 0.0319. The van der Waals surface area contributed by atoms with Crippen LogP contribution in [0.3, 0.4) is 0 Å². The van der Waals surface area contributed by atoms with Gasteiger partial charge in [-0.25, -0.2) is 0 Å². The number of aryl methyl sites for hydroxylation is 1. The summed E-state index contributed by atoms with van der Waals surface area (Å²) >= 11 is 0. The number of sulfonamides is 1. The summed E-state index contributed by atoms with van der Waals surface area (Å²) in [7, 11) is 0.203. The SMILES string of the molecule is CCc1ccc(OC)c(S(=O)(=O)N(OCc2ccc(OC)cc2OC)c2noc3c(C4CC4)cccc23)c1. The average molecular weight is 539 g/mol. The summed E-state index contributed by atoms with van der Waals surface area (Å²) in [5, 5.41) is 4.74. The zero-order chi connectivity index (χ0) is 26.9. The number of para-hydroxylation sites is 1. The van der Waals surface area contributed by atoms with E-state index in [1.165, 1.54) is 14.2 Å². The first-order valence-corrected chi connectivity index (χ1v) is 13.8. The molecule has 200 valence electrons. The summed E-state index contributed by atoms with van der Waals surface area (Å²) in [5.41, 5.74) is 3.03. The van der Waals surface area contributed by atoms with Crippen molar-refractivity contribution in [2.24, 2.45) is 0 Å². The van der Waals surface area contributed by atoms with E-state index in [9.17, 15) is 8.42 Å². The number of rotatable bonds is 11. The molecule has 0 N–H and O–H groups in total. The normalized spacial score (nSPS) is 13.5. The highest BCUT2D eigenvalue weighted by Gasteiger charge is 2.35. The monoisotopic (exact) mass is 538 g/mol. The number of anilines is 1. The van der Waals surface area contributed by atoms with Crippen molar-refractivity contribution in [3.8, 4) is 17.2 Å². The smallest absolute Gasteiger partial charge is 0.292 e. The molecule has 38 heavy (non-hydrogen) atoms. The van der Waals surface area contributed by atoms with Gasteiger partial charge in [0.25, 0.3) is 10.0 Å². The van der Waals surface area contributed by atoms with Gasteiger partial charge in [-0.1, -0.05) is 30.3 Å². The van der Waals surface area contributed by atoms with E-state index < -0.39 is 10.0 Å². The van der Waals surface area contributed by atoms with E-state index >= 15 is 0 Å². The van der Waals surface area contributed by atoms with Gasteiger partial charge in [0.2, 0.25) is 5.82 Å². The molecule has 0 saturated heterocycles. The number of ether oxygens (including phenoxy) is 3. The lowest BCUT2D eigenvalue weighted by Crippen LogP contribution is -2.32. The third-order valence-corrected chi connectivity index (χ3v) is 8.25. The second-order valence-corrected chi connectivity index (χ2v) is 10.7. The van der Waals surface area contributed by atoms with Crippen LogP contribution in [0, 0.1) is 0 Å². The molecular formula is C28H30N2O7S. The largest absolute Gasteiger partial charge is 0.497 e. The number of benzene rings is 3. The molecule has 0 amide bonds. The van der Waals surface area contributed by atoms with Crippen molar-refractivity contribution in [1.29, 1.82) is 0 Å². The van der Waals surface area contributed by atoms with Crippen molar-refractivity contribution in [1.82, 2.24) is 5.16 Å². The van der Waals surface area contributed by atoms with Crippen LogP contribution in [0.15, 0.2) is 64.0 Å². The standard InChI is InChI=1S/C28H30N2O7S/c1-5-18-9-14-24(34-3)26(15-18)38(31,32)30(36-17-20-12-13-21(33-2)16-25(20)35-4)28-23-8-6-7-22(19-10-11-19)27(23)37-29-28/h6-9,12-16,19H,5,10-11,17H2,1-4H3. The molecule has 9 nitrogen and oxygen atoms in total. The summed E-state index contributed by atoms with van der Waals surface area (Å²) in [5.74, 6) is 1.72. The molecule has 3 aromatic carbocycles. The fourth-order valence-corrected chi connectivity index (χ4v) is 5.83. The molecule has 0 atom stereocenters. The van der Waals surface area contributed by atoms with Crippen molar-refractivity contribution in [3.05, 3.63) is 71.3 Å². The van der Waals surface area contributed by atoms with E-state index in [1.807, 2.05) is 25.1 Å². The number of hydrogen-bond acceptors (Lipinski definition) is 8. The van der Waals surface area contributed by atoms with Crippen molar-refractivity contribution in [2.75, 3.05) is 25.8 Å². The lowest BCUT2D eigenvalue weighted by molar-refractivity contribution is 0.130. The Balaban J connectivity index is 1.62. The molecule has 4 aromatic rings. The van der Waals surface area contributed by atoms with Gasteiger partial charge in [-0.2, -0.15) is 8.42 Å². The molecule has 1 saturated carbocycles. The quantitative estimate of drug-likeness (QED) is 0.227. The van der Waals surface area contributed by atoms with Crippen LogP contribution in [0.4, 0.5) is 5.82 Å². The maximum Gasteiger partial charge on any atom is 0.292 e. The highest BCUT2D eigenvalue weighted by molar-refractivity contribution is 7.92. The van der Waals surface area contributed by atoms with Gasteiger partial charge in [-0.05, 0) is 61.1 Å². The molecule has 1 aliphatic carbocycles. The minimum Gasteiger partial charge on any atom is -0.497 e. The molecule has 0 unspecified atom stereocenters. The Kier molecular flexibility index (Phi) is 7.18. The molecule has 1 aliphatic rings. The van der Waals surface area contributed by atoms with E-state index in [1.54, 1.807) is 43.5 Å². The van der Waals surface area contributed by atoms with Crippen LogP contribution in [-0.4, -0.2) is 34.9 Å². The number of aromatic nitrogens is 1. The number of fused-ring (bicyclic) bond motifs is 1. The summed E-state index contributed by atoms with van der Waals surface area (Å²) in [6, 6.07) is 15.9. The number of methoxy groups -OCH3 is 3. The number of hydrogen-bond donors (Lipinski definition) is 0. The second-order valence-electron chi connectivity index (χ2n) is 9.03. The Morgan fingerprint density at radius 1 is 0.974 bits per heavy atom. The molecule has 1 fully saturated rings. The Hall–Kier alpha value is -3.76. The maximum atomic E-state index is 14.2. The number of nitrogens with zero attached hydrogens (tertiary/aromatic N) is 2. The predicted octanol–water partition coefficient (Wildman–Crippen LogP) is 5.62. The van der Waals surface area contributed by atoms with Crippen molar-refractivity contribution in [2.45, 2.75) is 43.6 Å². The Bertz CT molecular complexity index is 1560. The van der Waals surface area contributed by atoms with Crippen LogP contribution in [0.2, 0.25) is 0 Å². The predicted molar refractivity (Wildman–Crippen MR) is 142 cm³/mol. The van der Waals surface area contributed by atoms with Crippen molar-refractivity contribution >= 4 is 26.8 Å². The zero-order valence-corrected chi connectivity index (χ0v) is 22.6. The lowest BCUT2D eigenvalue weighted by Gasteiger charge is -2.23. The van der Waals surface area contributed by atoms with Gasteiger partial charge >= 0.3 is 0 Å². The van der Waals surface area contributed by atoms with Gasteiger partial charge < -0.3 is 18.7 Å². The Morgan fingerprint density at radius 3 is 2.45 bits per heavy atom. The third-order valence-electron chi connectivity index (χ3n) is 6.66. The second kappa shape index (κ2) is 10.5. The first-order valence-electron chi connectivity index (χ1n) is 12.4. The van der Waals surface area contributed by atoms with Gasteiger partial charge in [0, 0.05) is 17.2 Å². The molecule has 5 rings (SSSR count). The zero-order valence-electron chi connectivity index (χ0n) is 21.8. The maximum absolute atomic E-state index is 14.2. The van der Waals surface area contributed by atoms with E-state index in [0.29, 0.717) is 40.4 Å². The Labute approximate surface area is 221 Å². The first kappa shape index (κ1) is 25.9. The van der Waals surface area contributed by atoms with E-state index in [0.717, 1.165) is 28.4 Å². The topological polar surface area (TPSA) is 100 Å². The van der Waals surface area contributed by atoms with Crippen LogP contribution in [0.25, 0.3) is 11.0 Å². The average Bonchev–Trinajstić information content (AvgIpc) is 3.71. The molecule has 0 aliphatic heterocycles. The van der Waals surface area contributed by atoms with Crippen LogP contribution in [0.5, 0.6) is 17.2 Å². The van der Waals surface area contributed by atoms with E-state index in [-0.39, 0.29) is 23.1 Å². The van der Waals surface area contributed by atoms with Crippen LogP contribution in [-0.2, 0) is 27.9 Å². The minimum atomic E-state index is -4.31. The Morgan fingerprint density at radius 2 is 1.76 bits per heavy atom. The molecule has 0 radical (unpaired) electrons. The summed E-state index contributed by atoms with van der Waals surface area (Å²) in [6.45, 7) is 1.83. The van der Waals surface area contributed by atoms with Crippen LogP contribution >= 0.6 is 0 Å². The molecule has 0 bridgehead atoms. The highest BCUT2D eigenvalue weighted by atomic mass is 32.2. The van der Waals surface area contributed by atoms with E-state index in [2.05, 4.69) is 5.16 Å². The van der Waals surface area contributed by atoms with Gasteiger partial charge in [-0.15, -0.1) is 4.47 Å². The summed E-state index contributed by atoms with van der Waals surface area (Å²) < 4.78 is 51.2. The fourth-order valence-electron chi connectivity index (χ4n) is 4.39. The molecule has 10 heteroatoms. The first-order chi connectivity index (χ1) is 18.4. The van der Waals surface area contributed by atoms with E-state index in [4.69, 9.17) is 23.6 Å². The van der Waals surface area contributed by atoms with Gasteiger partial charge in [0.15, 0.2) is 5.58 Å². The fraction of sp³-hybridized carbons (Fsp3) is 0.321. The van der Waals surface area contributed by atoms with Crippen molar-refractivity contribution < 1.29 is 32.0 Å². The summed E-state index contributed by atoms with van der Waals surface area (Å²) in [4.78, 5) is 6.02. The third kappa shape index (κ3) is 4.77.